The summed E-state index contributed by atoms with van der Waals surface area (Å²) in [6, 6.07) is 4.47. The van der Waals surface area contributed by atoms with E-state index in [9.17, 15) is 14.4 Å². The highest BCUT2D eigenvalue weighted by Gasteiger charge is 2.16. The van der Waals surface area contributed by atoms with Crippen LogP contribution in [0.2, 0.25) is 5.02 Å². The van der Waals surface area contributed by atoms with Crippen molar-refractivity contribution in [2.24, 2.45) is 0 Å². The summed E-state index contributed by atoms with van der Waals surface area (Å²) in [5, 5.41) is 5.29. The summed E-state index contributed by atoms with van der Waals surface area (Å²) in [5.74, 6) is -1.85. The van der Waals surface area contributed by atoms with Gasteiger partial charge in [-0.15, -0.1) is 17.9 Å². The lowest BCUT2D eigenvalue weighted by molar-refractivity contribution is -0.125. The molecule has 0 saturated heterocycles. The maximum Gasteiger partial charge on any atom is 0.358 e. The second-order valence-electron chi connectivity index (χ2n) is 5.13. The van der Waals surface area contributed by atoms with Crippen LogP contribution in [-0.2, 0) is 9.53 Å². The summed E-state index contributed by atoms with van der Waals surface area (Å²) < 4.78 is 9.92. The van der Waals surface area contributed by atoms with Crippen molar-refractivity contribution in [3.63, 3.8) is 0 Å². The van der Waals surface area contributed by atoms with Crippen LogP contribution in [0.4, 0.5) is 5.13 Å². The van der Waals surface area contributed by atoms with E-state index in [1.807, 2.05) is 0 Å². The number of methoxy groups -OCH3 is 1. The molecule has 0 saturated carbocycles. The Hall–Kier alpha value is -3.11. The summed E-state index contributed by atoms with van der Waals surface area (Å²) in [4.78, 5) is 39.8. The van der Waals surface area contributed by atoms with Gasteiger partial charge in [0.1, 0.15) is 5.75 Å². The first kappa shape index (κ1) is 21.2. The van der Waals surface area contributed by atoms with Gasteiger partial charge in [-0.2, -0.15) is 0 Å². The molecule has 0 unspecified atom stereocenters. The lowest BCUT2D eigenvalue weighted by Crippen LogP contribution is -2.43. The molecule has 1 aromatic carbocycles. The number of thiazole rings is 1. The van der Waals surface area contributed by atoms with Crippen molar-refractivity contribution in [3.8, 4) is 5.75 Å². The molecule has 3 N–H and O–H groups in total. The zero-order valence-electron chi connectivity index (χ0n) is 14.8. The molecule has 2 rings (SSSR count). The largest absolute Gasteiger partial charge is 0.496 e. The van der Waals surface area contributed by atoms with Gasteiger partial charge in [0.05, 0.1) is 12.7 Å². The number of amides is 2. The van der Waals surface area contributed by atoms with Crippen LogP contribution in [0.15, 0.2) is 36.2 Å². The summed E-state index contributed by atoms with van der Waals surface area (Å²) in [7, 11) is 1.40. The molecule has 0 aliphatic carbocycles. The summed E-state index contributed by atoms with van der Waals surface area (Å²) in [6.07, 6.45) is 1.65. The van der Waals surface area contributed by atoms with Crippen molar-refractivity contribution in [2.75, 3.05) is 25.6 Å². The lowest BCUT2D eigenvalue weighted by atomic mass is 10.2. The third-order valence-corrected chi connectivity index (χ3v) is 4.20. The Kier molecular flexibility index (Phi) is 7.78. The van der Waals surface area contributed by atoms with Crippen molar-refractivity contribution in [1.82, 2.24) is 15.8 Å². The van der Waals surface area contributed by atoms with Crippen LogP contribution in [0.1, 0.15) is 20.8 Å². The van der Waals surface area contributed by atoms with Gasteiger partial charge in [-0.3, -0.25) is 20.4 Å². The fraction of sp³-hybridized carbons (Fsp3) is 0.176. The molecule has 1 aromatic heterocycles. The number of hydrogen-bond acceptors (Lipinski definition) is 8. The molecule has 0 radical (unpaired) electrons. The van der Waals surface area contributed by atoms with Crippen LogP contribution in [0.25, 0.3) is 0 Å². The van der Waals surface area contributed by atoms with Crippen molar-refractivity contribution in [3.05, 3.63) is 52.5 Å². The van der Waals surface area contributed by atoms with E-state index < -0.39 is 24.4 Å². The average molecular weight is 425 g/mol. The Bertz CT molecular complexity index is 886. The Morgan fingerprint density at radius 2 is 2.11 bits per heavy atom. The minimum atomic E-state index is -0.763. The van der Waals surface area contributed by atoms with Gasteiger partial charge in [-0.25, -0.2) is 9.78 Å². The summed E-state index contributed by atoms with van der Waals surface area (Å²) >= 11 is 7.08. The molecule has 148 valence electrons. The predicted octanol–water partition coefficient (Wildman–Crippen LogP) is 2.02. The zero-order chi connectivity index (χ0) is 20.5. The number of hydrazine groups is 1. The van der Waals surface area contributed by atoms with Gasteiger partial charge in [-0.05, 0) is 18.2 Å². The number of carbonyl (C=O) groups is 3. The number of anilines is 1. The highest BCUT2D eigenvalue weighted by Crippen LogP contribution is 2.22. The van der Waals surface area contributed by atoms with Gasteiger partial charge in [0.15, 0.2) is 17.4 Å². The van der Waals surface area contributed by atoms with Crippen LogP contribution in [0.5, 0.6) is 5.75 Å². The highest BCUT2D eigenvalue weighted by atomic mass is 35.5. The fourth-order valence-corrected chi connectivity index (χ4v) is 2.76. The van der Waals surface area contributed by atoms with Gasteiger partial charge in [0.2, 0.25) is 0 Å². The highest BCUT2D eigenvalue weighted by molar-refractivity contribution is 7.13. The SMILES string of the molecule is C=CCNc1nc(C(=O)OCC(=O)NNC(=O)c2cc(Cl)ccc2OC)cs1. The topological polar surface area (TPSA) is 119 Å². The fourth-order valence-electron chi connectivity index (χ4n) is 1.90. The van der Waals surface area contributed by atoms with Crippen LogP contribution >= 0.6 is 22.9 Å². The number of hydrogen-bond donors (Lipinski definition) is 3. The number of aromatic nitrogens is 1. The first-order chi connectivity index (χ1) is 13.4. The molecule has 2 amide bonds. The number of carbonyl (C=O) groups excluding carboxylic acids is 3. The molecule has 0 aliphatic rings. The third-order valence-electron chi connectivity index (χ3n) is 3.17. The molecule has 0 spiro atoms. The second-order valence-corrected chi connectivity index (χ2v) is 6.43. The van der Waals surface area contributed by atoms with Gasteiger partial charge in [0, 0.05) is 16.9 Å². The molecule has 0 fully saturated rings. The van der Waals surface area contributed by atoms with E-state index >= 15 is 0 Å². The maximum atomic E-state index is 12.1. The maximum absolute atomic E-state index is 12.1. The molecule has 28 heavy (non-hydrogen) atoms. The van der Waals surface area contributed by atoms with E-state index in [0.717, 1.165) is 0 Å². The first-order valence-electron chi connectivity index (χ1n) is 7.84. The standard InChI is InChI=1S/C17H17ClN4O5S/c1-3-6-19-17-20-12(9-28-17)16(25)27-8-14(23)21-22-15(24)11-7-10(18)4-5-13(11)26-2/h3-5,7,9H,1,6,8H2,2H3,(H,19,20)(H,21,23)(H,22,24). The Balaban J connectivity index is 1.81. The lowest BCUT2D eigenvalue weighted by Gasteiger charge is -2.10. The quantitative estimate of drug-likeness (QED) is 0.337. The second kappa shape index (κ2) is 10.3. The Morgan fingerprint density at radius 3 is 2.82 bits per heavy atom. The number of nitrogens with one attached hydrogen (secondary N) is 3. The smallest absolute Gasteiger partial charge is 0.358 e. The van der Waals surface area contributed by atoms with Crippen molar-refractivity contribution in [2.45, 2.75) is 0 Å². The zero-order valence-corrected chi connectivity index (χ0v) is 16.4. The van der Waals surface area contributed by atoms with E-state index in [0.29, 0.717) is 16.7 Å². The first-order valence-corrected chi connectivity index (χ1v) is 9.10. The van der Waals surface area contributed by atoms with E-state index in [4.69, 9.17) is 21.1 Å². The van der Waals surface area contributed by atoms with E-state index in [2.05, 4.69) is 27.7 Å². The number of ether oxygens (including phenoxy) is 2. The van der Waals surface area contributed by atoms with Crippen molar-refractivity contribution >= 4 is 45.9 Å². The van der Waals surface area contributed by atoms with Crippen molar-refractivity contribution < 1.29 is 23.9 Å². The number of benzene rings is 1. The van der Waals surface area contributed by atoms with Crippen LogP contribution < -0.4 is 20.9 Å². The molecule has 2 aromatic rings. The Labute approximate surface area is 169 Å². The Morgan fingerprint density at radius 1 is 1.32 bits per heavy atom. The van der Waals surface area contributed by atoms with Crippen LogP contribution in [-0.4, -0.2) is 43.0 Å². The van der Waals surface area contributed by atoms with E-state index in [-0.39, 0.29) is 17.0 Å². The normalized spacial score (nSPS) is 9.93. The third kappa shape index (κ3) is 5.96. The molecule has 11 heteroatoms. The minimum Gasteiger partial charge on any atom is -0.496 e. The molecule has 0 aliphatic heterocycles. The molecular formula is C17H17ClN4O5S. The average Bonchev–Trinajstić information content (AvgIpc) is 3.17. The van der Waals surface area contributed by atoms with Crippen molar-refractivity contribution in [1.29, 1.82) is 0 Å². The van der Waals surface area contributed by atoms with E-state index in [1.54, 1.807) is 12.1 Å². The summed E-state index contributed by atoms with van der Waals surface area (Å²) in [5.41, 5.74) is 4.53. The van der Waals surface area contributed by atoms with Crippen LogP contribution in [0.3, 0.4) is 0 Å². The van der Waals surface area contributed by atoms with Crippen LogP contribution in [0, 0.1) is 0 Å². The number of nitrogens with zero attached hydrogens (tertiary/aromatic N) is 1. The predicted molar refractivity (Wildman–Crippen MR) is 105 cm³/mol. The van der Waals surface area contributed by atoms with Gasteiger partial charge < -0.3 is 14.8 Å². The molecule has 0 atom stereocenters. The molecular weight excluding hydrogens is 408 g/mol. The summed E-state index contributed by atoms with van der Waals surface area (Å²) in [6.45, 7) is 3.47. The van der Waals surface area contributed by atoms with E-state index in [1.165, 1.54) is 36.0 Å². The number of halogens is 1. The number of rotatable bonds is 8. The molecule has 9 nitrogen and oxygen atoms in total. The molecule has 0 bridgehead atoms. The van der Waals surface area contributed by atoms with Gasteiger partial charge in [0.25, 0.3) is 11.8 Å². The number of esters is 1. The van der Waals surface area contributed by atoms with Gasteiger partial charge >= 0.3 is 5.97 Å². The minimum absolute atomic E-state index is 0.0667. The van der Waals surface area contributed by atoms with Gasteiger partial charge in [-0.1, -0.05) is 17.7 Å². The molecule has 1 heterocycles. The monoisotopic (exact) mass is 424 g/mol.